The van der Waals surface area contributed by atoms with Gasteiger partial charge in [0.1, 0.15) is 5.82 Å². The maximum Gasteiger partial charge on any atom is 0.147 e. The minimum Gasteiger partial charge on any atom is -0.353 e. The Labute approximate surface area is 126 Å². The summed E-state index contributed by atoms with van der Waals surface area (Å²) in [6, 6.07) is 2.13. The lowest BCUT2D eigenvalue weighted by Gasteiger charge is -2.35. The molecule has 0 spiro atoms. The standard InChI is InChI=1S/C14H16BrN5/c15-13-7-12(8-17-9-13)11-19-3-5-20(6-4-19)14-10-16-1-2-18-14/h1-2,7-10H,3-6,11H2. The van der Waals surface area contributed by atoms with Gasteiger partial charge in [0.15, 0.2) is 0 Å². The minimum absolute atomic E-state index is 0.945. The van der Waals surface area contributed by atoms with E-state index in [1.54, 1.807) is 12.4 Å². The van der Waals surface area contributed by atoms with Gasteiger partial charge in [-0.1, -0.05) is 0 Å². The van der Waals surface area contributed by atoms with Gasteiger partial charge >= 0.3 is 0 Å². The number of halogens is 1. The summed E-state index contributed by atoms with van der Waals surface area (Å²) in [5.74, 6) is 0.969. The number of nitrogens with zero attached hydrogens (tertiary/aromatic N) is 5. The number of hydrogen-bond donors (Lipinski definition) is 0. The largest absolute Gasteiger partial charge is 0.353 e. The van der Waals surface area contributed by atoms with Crippen LogP contribution in [0, 0.1) is 0 Å². The lowest BCUT2D eigenvalue weighted by Crippen LogP contribution is -2.46. The van der Waals surface area contributed by atoms with Gasteiger partial charge < -0.3 is 4.90 Å². The van der Waals surface area contributed by atoms with Crippen LogP contribution in [0.2, 0.25) is 0 Å². The van der Waals surface area contributed by atoms with Crippen molar-refractivity contribution in [2.45, 2.75) is 6.54 Å². The van der Waals surface area contributed by atoms with Crippen LogP contribution in [-0.4, -0.2) is 46.0 Å². The predicted octanol–water partition coefficient (Wildman–Crippen LogP) is 1.96. The lowest BCUT2D eigenvalue weighted by molar-refractivity contribution is 0.249. The predicted molar refractivity (Wildman–Crippen MR) is 81.5 cm³/mol. The quantitative estimate of drug-likeness (QED) is 0.859. The molecule has 5 nitrogen and oxygen atoms in total. The van der Waals surface area contributed by atoms with Crippen molar-refractivity contribution in [1.29, 1.82) is 0 Å². The van der Waals surface area contributed by atoms with Gasteiger partial charge in [0, 0.05) is 62.0 Å². The number of rotatable bonds is 3. The smallest absolute Gasteiger partial charge is 0.147 e. The summed E-state index contributed by atoms with van der Waals surface area (Å²) in [5, 5.41) is 0. The Hall–Kier alpha value is -1.53. The molecule has 2 aromatic rings. The molecule has 1 aliphatic rings. The molecule has 3 heterocycles. The highest BCUT2D eigenvalue weighted by molar-refractivity contribution is 9.10. The van der Waals surface area contributed by atoms with Crippen LogP contribution >= 0.6 is 15.9 Å². The van der Waals surface area contributed by atoms with Crippen molar-refractivity contribution in [2.24, 2.45) is 0 Å². The van der Waals surface area contributed by atoms with Crippen molar-refractivity contribution < 1.29 is 0 Å². The minimum atomic E-state index is 0.945. The van der Waals surface area contributed by atoms with E-state index in [0.717, 1.165) is 43.0 Å². The van der Waals surface area contributed by atoms with Gasteiger partial charge in [0.05, 0.1) is 6.20 Å². The molecule has 2 aromatic heterocycles. The third-order valence-electron chi connectivity index (χ3n) is 3.41. The highest BCUT2D eigenvalue weighted by atomic mass is 79.9. The van der Waals surface area contributed by atoms with E-state index in [2.05, 4.69) is 46.7 Å². The summed E-state index contributed by atoms with van der Waals surface area (Å²) >= 11 is 3.46. The molecule has 0 bridgehead atoms. The summed E-state index contributed by atoms with van der Waals surface area (Å²) in [5.41, 5.74) is 1.24. The molecule has 3 rings (SSSR count). The third-order valence-corrected chi connectivity index (χ3v) is 3.85. The van der Waals surface area contributed by atoms with Gasteiger partial charge in [0.25, 0.3) is 0 Å². The topological polar surface area (TPSA) is 45.2 Å². The molecule has 0 aliphatic carbocycles. The molecular formula is C14H16BrN5. The van der Waals surface area contributed by atoms with E-state index < -0.39 is 0 Å². The van der Waals surface area contributed by atoms with Crippen LogP contribution in [0.3, 0.4) is 0 Å². The third kappa shape index (κ3) is 3.32. The summed E-state index contributed by atoms with van der Waals surface area (Å²) in [7, 11) is 0. The summed E-state index contributed by atoms with van der Waals surface area (Å²) in [6.07, 6.45) is 9.03. The van der Waals surface area contributed by atoms with E-state index in [-0.39, 0.29) is 0 Å². The molecule has 6 heteroatoms. The van der Waals surface area contributed by atoms with Crippen LogP contribution in [-0.2, 0) is 6.54 Å². The highest BCUT2D eigenvalue weighted by Gasteiger charge is 2.18. The fourth-order valence-corrected chi connectivity index (χ4v) is 2.80. The molecule has 0 aromatic carbocycles. The molecule has 0 unspecified atom stereocenters. The Morgan fingerprint density at radius 2 is 1.85 bits per heavy atom. The maximum atomic E-state index is 4.35. The molecule has 1 aliphatic heterocycles. The number of anilines is 1. The van der Waals surface area contributed by atoms with E-state index >= 15 is 0 Å². The van der Waals surface area contributed by atoms with E-state index in [1.165, 1.54) is 5.56 Å². The first-order valence-corrected chi connectivity index (χ1v) is 7.43. The van der Waals surface area contributed by atoms with Crippen LogP contribution in [0.5, 0.6) is 0 Å². The maximum absolute atomic E-state index is 4.35. The van der Waals surface area contributed by atoms with Crippen molar-refractivity contribution in [3.63, 3.8) is 0 Å². The molecule has 20 heavy (non-hydrogen) atoms. The van der Waals surface area contributed by atoms with Gasteiger partial charge in [-0.25, -0.2) is 4.98 Å². The van der Waals surface area contributed by atoms with Crippen molar-refractivity contribution in [2.75, 3.05) is 31.1 Å². The molecule has 104 valence electrons. The second kappa shape index (κ2) is 6.28. The zero-order valence-corrected chi connectivity index (χ0v) is 12.7. The van der Waals surface area contributed by atoms with Crippen molar-refractivity contribution >= 4 is 21.7 Å². The van der Waals surface area contributed by atoms with Crippen LogP contribution in [0.25, 0.3) is 0 Å². The fourth-order valence-electron chi connectivity index (χ4n) is 2.39. The highest BCUT2D eigenvalue weighted by Crippen LogP contribution is 2.15. The van der Waals surface area contributed by atoms with Crippen molar-refractivity contribution in [3.8, 4) is 0 Å². The van der Waals surface area contributed by atoms with Crippen LogP contribution in [0.4, 0.5) is 5.82 Å². The van der Waals surface area contributed by atoms with E-state index in [4.69, 9.17) is 0 Å². The zero-order chi connectivity index (χ0) is 13.8. The SMILES string of the molecule is Brc1cncc(CN2CCN(c3cnccn3)CC2)c1. The van der Waals surface area contributed by atoms with Gasteiger partial charge in [-0.05, 0) is 27.6 Å². The molecule has 0 saturated carbocycles. The molecule has 1 saturated heterocycles. The van der Waals surface area contributed by atoms with Crippen molar-refractivity contribution in [1.82, 2.24) is 19.9 Å². The van der Waals surface area contributed by atoms with Gasteiger partial charge in [-0.15, -0.1) is 0 Å². The molecular weight excluding hydrogens is 318 g/mol. The van der Waals surface area contributed by atoms with Crippen LogP contribution < -0.4 is 4.90 Å². The first kappa shape index (κ1) is 13.5. The average Bonchev–Trinajstić information content (AvgIpc) is 2.49. The molecule has 0 N–H and O–H groups in total. The normalized spacial score (nSPS) is 16.4. The van der Waals surface area contributed by atoms with E-state index in [9.17, 15) is 0 Å². The Morgan fingerprint density at radius 1 is 1.00 bits per heavy atom. The van der Waals surface area contributed by atoms with Gasteiger partial charge in [0.2, 0.25) is 0 Å². The van der Waals surface area contributed by atoms with E-state index in [1.807, 2.05) is 18.6 Å². The Bertz CT molecular complexity index is 555. The second-order valence-electron chi connectivity index (χ2n) is 4.84. The Morgan fingerprint density at radius 3 is 2.55 bits per heavy atom. The summed E-state index contributed by atoms with van der Waals surface area (Å²) < 4.78 is 1.04. The summed E-state index contributed by atoms with van der Waals surface area (Å²) in [4.78, 5) is 17.4. The molecule has 0 radical (unpaired) electrons. The van der Waals surface area contributed by atoms with Crippen molar-refractivity contribution in [3.05, 3.63) is 47.1 Å². The van der Waals surface area contributed by atoms with Crippen LogP contribution in [0.15, 0.2) is 41.5 Å². The molecule has 1 fully saturated rings. The van der Waals surface area contributed by atoms with Gasteiger partial charge in [-0.2, -0.15) is 0 Å². The number of aromatic nitrogens is 3. The van der Waals surface area contributed by atoms with Gasteiger partial charge in [-0.3, -0.25) is 14.9 Å². The first-order chi connectivity index (χ1) is 9.81. The monoisotopic (exact) mass is 333 g/mol. The molecule has 0 atom stereocenters. The fraction of sp³-hybridized carbons (Fsp3) is 0.357. The number of pyridine rings is 1. The lowest BCUT2D eigenvalue weighted by atomic mass is 10.2. The zero-order valence-electron chi connectivity index (χ0n) is 11.1. The second-order valence-corrected chi connectivity index (χ2v) is 5.75. The van der Waals surface area contributed by atoms with E-state index in [0.29, 0.717) is 0 Å². The number of piperazine rings is 1. The first-order valence-electron chi connectivity index (χ1n) is 6.64. The average molecular weight is 334 g/mol. The molecule has 0 amide bonds. The Balaban J connectivity index is 1.56. The Kier molecular flexibility index (Phi) is 4.22. The summed E-state index contributed by atoms with van der Waals surface area (Å²) in [6.45, 7) is 4.98. The number of hydrogen-bond acceptors (Lipinski definition) is 5. The van der Waals surface area contributed by atoms with Crippen LogP contribution in [0.1, 0.15) is 5.56 Å².